The Kier molecular flexibility index (Phi) is 6.08. The SMILES string of the molecule is CC(C)C(C)C=CC(C)C1CCC2C3CC=C4CC(O)CC[C@]4(C)C3CC(O)[C@]12C. The molecule has 0 spiro atoms. The predicted molar refractivity (Wildman–Crippen MR) is 125 cm³/mol. The van der Waals surface area contributed by atoms with E-state index in [9.17, 15) is 10.2 Å². The summed E-state index contributed by atoms with van der Waals surface area (Å²) in [6, 6.07) is 0. The Balaban J connectivity index is 1.58. The maximum absolute atomic E-state index is 11.6. The highest BCUT2D eigenvalue weighted by Gasteiger charge is 2.62. The highest BCUT2D eigenvalue weighted by atomic mass is 16.3. The van der Waals surface area contributed by atoms with Gasteiger partial charge in [0.15, 0.2) is 0 Å². The van der Waals surface area contributed by atoms with Crippen molar-refractivity contribution in [3.8, 4) is 0 Å². The third-order valence-electron chi connectivity index (χ3n) is 10.7. The van der Waals surface area contributed by atoms with E-state index in [1.807, 2.05) is 0 Å². The molecular weight excluding hydrogens is 368 g/mol. The zero-order chi connectivity index (χ0) is 21.8. The third kappa shape index (κ3) is 3.45. The first-order valence-corrected chi connectivity index (χ1v) is 12.8. The van der Waals surface area contributed by atoms with Gasteiger partial charge >= 0.3 is 0 Å². The van der Waals surface area contributed by atoms with Gasteiger partial charge in [-0.2, -0.15) is 0 Å². The van der Waals surface area contributed by atoms with E-state index < -0.39 is 0 Å². The van der Waals surface area contributed by atoms with Crippen LogP contribution in [0.25, 0.3) is 0 Å². The standard InChI is InChI=1S/C28H46O2/c1-17(2)18(3)7-8-19(4)23-11-12-24-22-10-9-20-15-21(29)13-14-27(20,5)25(22)16-26(30)28(23,24)6/h7-9,17-19,21-26,29-30H,10-16H2,1-6H3/t18?,19?,21?,22?,23?,24?,25?,26?,27-,28+/m0/s1. The van der Waals surface area contributed by atoms with Gasteiger partial charge in [0.05, 0.1) is 12.2 Å². The van der Waals surface area contributed by atoms with Gasteiger partial charge in [0.25, 0.3) is 0 Å². The average molecular weight is 415 g/mol. The molecule has 0 bridgehead atoms. The monoisotopic (exact) mass is 414 g/mol. The van der Waals surface area contributed by atoms with Crippen LogP contribution in [0.3, 0.4) is 0 Å². The largest absolute Gasteiger partial charge is 0.393 e. The lowest BCUT2D eigenvalue weighted by Crippen LogP contribution is -2.56. The smallest absolute Gasteiger partial charge is 0.0602 e. The topological polar surface area (TPSA) is 40.5 Å². The second-order valence-corrected chi connectivity index (χ2v) is 12.3. The Labute approximate surface area is 185 Å². The third-order valence-corrected chi connectivity index (χ3v) is 10.7. The first kappa shape index (κ1) is 22.6. The zero-order valence-electron chi connectivity index (χ0n) is 20.3. The molecule has 3 saturated carbocycles. The molecule has 0 aromatic heterocycles. The molecule has 0 heterocycles. The van der Waals surface area contributed by atoms with Crippen molar-refractivity contribution in [1.29, 1.82) is 0 Å². The number of fused-ring (bicyclic) bond motifs is 5. The van der Waals surface area contributed by atoms with Gasteiger partial charge in [-0.15, -0.1) is 0 Å². The van der Waals surface area contributed by atoms with E-state index >= 15 is 0 Å². The fraction of sp³-hybridized carbons (Fsp3) is 0.857. The van der Waals surface area contributed by atoms with E-state index in [1.165, 1.54) is 18.4 Å². The highest BCUT2D eigenvalue weighted by molar-refractivity contribution is 5.26. The Hall–Kier alpha value is -0.600. The quantitative estimate of drug-likeness (QED) is 0.524. The Morgan fingerprint density at radius 2 is 1.73 bits per heavy atom. The van der Waals surface area contributed by atoms with Gasteiger partial charge in [-0.05, 0) is 97.2 Å². The lowest BCUT2D eigenvalue weighted by Gasteiger charge is -2.60. The zero-order valence-corrected chi connectivity index (χ0v) is 20.3. The fourth-order valence-electron chi connectivity index (χ4n) is 8.21. The molecule has 0 radical (unpaired) electrons. The van der Waals surface area contributed by atoms with Gasteiger partial charge < -0.3 is 10.2 Å². The second-order valence-electron chi connectivity index (χ2n) is 12.3. The lowest BCUT2D eigenvalue weighted by molar-refractivity contribution is -0.133. The molecule has 2 nitrogen and oxygen atoms in total. The van der Waals surface area contributed by atoms with E-state index in [0.29, 0.717) is 41.4 Å². The van der Waals surface area contributed by atoms with Gasteiger partial charge in [-0.3, -0.25) is 0 Å². The van der Waals surface area contributed by atoms with Crippen molar-refractivity contribution in [3.05, 3.63) is 23.8 Å². The summed E-state index contributed by atoms with van der Waals surface area (Å²) < 4.78 is 0. The molecule has 4 aliphatic carbocycles. The maximum Gasteiger partial charge on any atom is 0.0602 e. The van der Waals surface area contributed by atoms with E-state index in [4.69, 9.17) is 0 Å². The molecule has 170 valence electrons. The van der Waals surface area contributed by atoms with Gasteiger partial charge in [0.1, 0.15) is 0 Å². The minimum atomic E-state index is -0.197. The molecule has 0 aromatic rings. The summed E-state index contributed by atoms with van der Waals surface area (Å²) in [6.45, 7) is 14.2. The first-order chi connectivity index (χ1) is 14.1. The highest BCUT2D eigenvalue weighted by Crippen LogP contribution is 2.67. The normalized spacial score (nSPS) is 48.1. The van der Waals surface area contributed by atoms with Crippen LogP contribution in [-0.4, -0.2) is 22.4 Å². The molecule has 0 aromatic carbocycles. The van der Waals surface area contributed by atoms with Crippen molar-refractivity contribution >= 4 is 0 Å². The van der Waals surface area contributed by atoms with Crippen LogP contribution < -0.4 is 0 Å². The van der Waals surface area contributed by atoms with Crippen LogP contribution in [0.5, 0.6) is 0 Å². The van der Waals surface area contributed by atoms with Crippen molar-refractivity contribution < 1.29 is 10.2 Å². The minimum Gasteiger partial charge on any atom is -0.393 e. The lowest BCUT2D eigenvalue weighted by atomic mass is 9.46. The van der Waals surface area contributed by atoms with Gasteiger partial charge in [-0.1, -0.05) is 65.3 Å². The van der Waals surface area contributed by atoms with Crippen LogP contribution in [-0.2, 0) is 0 Å². The minimum absolute atomic E-state index is 0.0435. The summed E-state index contributed by atoms with van der Waals surface area (Å²) in [7, 11) is 0. The molecule has 4 aliphatic rings. The van der Waals surface area contributed by atoms with Gasteiger partial charge in [0, 0.05) is 0 Å². The van der Waals surface area contributed by atoms with Gasteiger partial charge in [-0.25, -0.2) is 0 Å². The maximum atomic E-state index is 11.6. The summed E-state index contributed by atoms with van der Waals surface area (Å²) in [5.41, 5.74) is 1.73. The molecule has 10 atom stereocenters. The van der Waals surface area contributed by atoms with Crippen molar-refractivity contribution in [3.63, 3.8) is 0 Å². The van der Waals surface area contributed by atoms with Crippen molar-refractivity contribution in [2.75, 3.05) is 0 Å². The van der Waals surface area contributed by atoms with Crippen LogP contribution >= 0.6 is 0 Å². The molecule has 0 aliphatic heterocycles. The van der Waals surface area contributed by atoms with Crippen LogP contribution in [0.4, 0.5) is 0 Å². The molecule has 2 heteroatoms. The fourth-order valence-corrected chi connectivity index (χ4v) is 8.21. The Bertz CT molecular complexity index is 693. The Morgan fingerprint density at radius 1 is 1.00 bits per heavy atom. The molecule has 0 amide bonds. The Morgan fingerprint density at radius 3 is 2.43 bits per heavy atom. The van der Waals surface area contributed by atoms with Crippen LogP contribution in [0, 0.1) is 52.3 Å². The van der Waals surface area contributed by atoms with Crippen molar-refractivity contribution in [2.24, 2.45) is 52.3 Å². The number of aliphatic hydroxyl groups excluding tert-OH is 2. The average Bonchev–Trinajstić information content (AvgIpc) is 3.06. The molecular formula is C28H46O2. The summed E-state index contributed by atoms with van der Waals surface area (Å²) in [4.78, 5) is 0. The van der Waals surface area contributed by atoms with Crippen LogP contribution in [0.15, 0.2) is 23.8 Å². The van der Waals surface area contributed by atoms with E-state index in [2.05, 4.69) is 59.8 Å². The van der Waals surface area contributed by atoms with E-state index in [-0.39, 0.29) is 23.0 Å². The first-order valence-electron chi connectivity index (χ1n) is 12.8. The van der Waals surface area contributed by atoms with Crippen molar-refractivity contribution in [1.82, 2.24) is 0 Å². The van der Waals surface area contributed by atoms with Crippen LogP contribution in [0.1, 0.15) is 86.5 Å². The van der Waals surface area contributed by atoms with E-state index in [0.717, 1.165) is 32.1 Å². The van der Waals surface area contributed by atoms with Gasteiger partial charge in [0.2, 0.25) is 0 Å². The molecule has 3 fully saturated rings. The number of hydrogen-bond acceptors (Lipinski definition) is 2. The summed E-state index contributed by atoms with van der Waals surface area (Å²) in [5, 5.41) is 21.9. The molecule has 4 rings (SSSR count). The summed E-state index contributed by atoms with van der Waals surface area (Å²) in [5.74, 6) is 4.34. The summed E-state index contributed by atoms with van der Waals surface area (Å²) >= 11 is 0. The van der Waals surface area contributed by atoms with Crippen LogP contribution in [0.2, 0.25) is 0 Å². The molecule has 2 N–H and O–H groups in total. The number of aliphatic hydroxyl groups is 2. The second kappa shape index (κ2) is 8.07. The molecule has 30 heavy (non-hydrogen) atoms. The molecule has 8 unspecified atom stereocenters. The predicted octanol–water partition coefficient (Wildman–Crippen LogP) is 6.38. The molecule has 0 saturated heterocycles. The van der Waals surface area contributed by atoms with E-state index in [1.54, 1.807) is 0 Å². The number of rotatable bonds is 4. The van der Waals surface area contributed by atoms with Crippen molar-refractivity contribution in [2.45, 2.75) is 98.7 Å². The summed E-state index contributed by atoms with van der Waals surface area (Å²) in [6.07, 6.45) is 14.6. The number of hydrogen-bond donors (Lipinski definition) is 2. The number of allylic oxidation sites excluding steroid dienone is 3.